The lowest BCUT2D eigenvalue weighted by atomic mass is 10.2. The molecule has 0 fully saturated rings. The van der Waals surface area contributed by atoms with Gasteiger partial charge in [0.2, 0.25) is 0 Å². The number of esters is 1. The Morgan fingerprint density at radius 3 is 2.54 bits per heavy atom. The van der Waals surface area contributed by atoms with Gasteiger partial charge in [-0.2, -0.15) is 0 Å². The van der Waals surface area contributed by atoms with Crippen LogP contribution in [0, 0.1) is 0 Å². The summed E-state index contributed by atoms with van der Waals surface area (Å²) < 4.78 is 15.0. The quantitative estimate of drug-likeness (QED) is 0.770. The molecule has 0 aliphatic rings. The number of aromatic nitrogens is 1. The van der Waals surface area contributed by atoms with Crippen molar-refractivity contribution in [3.63, 3.8) is 0 Å². The average molecular weight is 332 g/mol. The first-order chi connectivity index (χ1) is 11.5. The Hall–Kier alpha value is -3.29. The lowest BCUT2D eigenvalue weighted by molar-refractivity contribution is -0.119. The van der Waals surface area contributed by atoms with Crippen LogP contribution in [0.4, 0.5) is 5.69 Å². The molecule has 2 rings (SSSR count). The fourth-order valence-electron chi connectivity index (χ4n) is 1.90. The van der Waals surface area contributed by atoms with E-state index in [1.165, 1.54) is 32.5 Å². The summed E-state index contributed by atoms with van der Waals surface area (Å²) in [5.74, 6) is -0.462. The van der Waals surface area contributed by atoms with Gasteiger partial charge in [0.25, 0.3) is 11.5 Å². The summed E-state index contributed by atoms with van der Waals surface area (Å²) in [5.41, 5.74) is -0.300. The van der Waals surface area contributed by atoms with Crippen molar-refractivity contribution in [1.29, 1.82) is 0 Å². The van der Waals surface area contributed by atoms with Gasteiger partial charge in [0.05, 0.1) is 14.2 Å². The number of nitrogens with one attached hydrogen (secondary N) is 2. The Morgan fingerprint density at radius 1 is 1.12 bits per heavy atom. The molecule has 0 atom stereocenters. The van der Waals surface area contributed by atoms with Crippen LogP contribution in [0.3, 0.4) is 0 Å². The molecule has 0 bridgehead atoms. The predicted molar refractivity (Wildman–Crippen MR) is 85.5 cm³/mol. The number of H-pyrrole nitrogens is 1. The van der Waals surface area contributed by atoms with E-state index in [-0.39, 0.29) is 5.56 Å². The molecule has 8 nitrogen and oxygen atoms in total. The van der Waals surface area contributed by atoms with Gasteiger partial charge in [0.1, 0.15) is 5.56 Å². The monoisotopic (exact) mass is 332 g/mol. The smallest absolute Gasteiger partial charge is 0.344 e. The summed E-state index contributed by atoms with van der Waals surface area (Å²) in [6, 6.07) is 7.61. The third kappa shape index (κ3) is 4.13. The van der Waals surface area contributed by atoms with Crippen molar-refractivity contribution in [2.24, 2.45) is 0 Å². The number of rotatable bonds is 6. The number of aromatic amines is 1. The zero-order valence-electron chi connectivity index (χ0n) is 13.1. The predicted octanol–water partition coefficient (Wildman–Crippen LogP) is 1.19. The maximum Gasteiger partial charge on any atom is 0.344 e. The molecular weight excluding hydrogens is 316 g/mol. The number of pyridine rings is 1. The SMILES string of the molecule is COc1ccc(NC(=O)COC(=O)c2ccc[nH]c2=O)cc1OC. The van der Waals surface area contributed by atoms with Gasteiger partial charge >= 0.3 is 5.97 Å². The van der Waals surface area contributed by atoms with Crippen molar-refractivity contribution in [2.75, 3.05) is 26.1 Å². The van der Waals surface area contributed by atoms with Gasteiger partial charge in [-0.3, -0.25) is 9.59 Å². The Morgan fingerprint density at radius 2 is 1.88 bits per heavy atom. The van der Waals surface area contributed by atoms with Gasteiger partial charge in [0, 0.05) is 18.0 Å². The summed E-state index contributed by atoms with van der Waals surface area (Å²) in [5, 5.41) is 2.55. The molecule has 2 N–H and O–H groups in total. The van der Waals surface area contributed by atoms with E-state index in [0.29, 0.717) is 17.2 Å². The number of benzene rings is 1. The second kappa shape index (κ2) is 7.82. The molecule has 126 valence electrons. The molecule has 1 aromatic carbocycles. The molecule has 2 aromatic rings. The molecule has 0 aliphatic carbocycles. The van der Waals surface area contributed by atoms with Crippen molar-refractivity contribution < 1.29 is 23.8 Å². The first-order valence-corrected chi connectivity index (χ1v) is 6.92. The molecule has 0 spiro atoms. The number of carbonyl (C=O) groups excluding carboxylic acids is 2. The van der Waals surface area contributed by atoms with E-state index in [0.717, 1.165) is 0 Å². The standard InChI is InChI=1S/C16H16N2O6/c1-22-12-6-5-10(8-13(12)23-2)18-14(19)9-24-16(21)11-4-3-7-17-15(11)20/h3-8H,9H2,1-2H3,(H,17,20)(H,18,19). The van der Waals surface area contributed by atoms with E-state index in [1.807, 2.05) is 0 Å². The van der Waals surface area contributed by atoms with Gasteiger partial charge < -0.3 is 24.5 Å². The summed E-state index contributed by atoms with van der Waals surface area (Å²) in [7, 11) is 2.98. The lowest BCUT2D eigenvalue weighted by Crippen LogP contribution is -2.24. The van der Waals surface area contributed by atoms with E-state index >= 15 is 0 Å². The minimum absolute atomic E-state index is 0.170. The van der Waals surface area contributed by atoms with Crippen LogP contribution in [0.2, 0.25) is 0 Å². The molecule has 0 saturated carbocycles. The van der Waals surface area contributed by atoms with Crippen LogP contribution < -0.4 is 20.3 Å². The highest BCUT2D eigenvalue weighted by atomic mass is 16.5. The van der Waals surface area contributed by atoms with Crippen molar-refractivity contribution in [1.82, 2.24) is 4.98 Å². The highest BCUT2D eigenvalue weighted by Crippen LogP contribution is 2.29. The fourth-order valence-corrected chi connectivity index (χ4v) is 1.90. The van der Waals surface area contributed by atoms with E-state index in [4.69, 9.17) is 14.2 Å². The zero-order chi connectivity index (χ0) is 17.5. The number of anilines is 1. The molecule has 24 heavy (non-hydrogen) atoms. The minimum atomic E-state index is -0.876. The summed E-state index contributed by atoms with van der Waals surface area (Å²) in [6.45, 7) is -0.526. The Bertz CT molecular complexity index is 799. The summed E-state index contributed by atoms with van der Waals surface area (Å²) >= 11 is 0. The number of methoxy groups -OCH3 is 2. The zero-order valence-corrected chi connectivity index (χ0v) is 13.1. The lowest BCUT2D eigenvalue weighted by Gasteiger charge is -2.10. The Balaban J connectivity index is 1.95. The van der Waals surface area contributed by atoms with Gasteiger partial charge in [-0.1, -0.05) is 0 Å². The minimum Gasteiger partial charge on any atom is -0.493 e. The van der Waals surface area contributed by atoms with Crippen LogP contribution in [0.1, 0.15) is 10.4 Å². The molecular formula is C16H16N2O6. The Labute approximate surface area is 137 Å². The van der Waals surface area contributed by atoms with Gasteiger partial charge in [0.15, 0.2) is 18.1 Å². The first kappa shape index (κ1) is 17.1. The number of amides is 1. The van der Waals surface area contributed by atoms with E-state index in [9.17, 15) is 14.4 Å². The topological polar surface area (TPSA) is 107 Å². The number of ether oxygens (including phenoxy) is 3. The number of carbonyl (C=O) groups is 2. The molecule has 0 saturated heterocycles. The molecule has 0 unspecified atom stereocenters. The van der Waals surface area contributed by atoms with Crippen LogP contribution >= 0.6 is 0 Å². The second-order valence-electron chi connectivity index (χ2n) is 4.61. The molecule has 1 amide bonds. The highest BCUT2D eigenvalue weighted by molar-refractivity contribution is 5.95. The van der Waals surface area contributed by atoms with E-state index in [2.05, 4.69) is 10.3 Å². The van der Waals surface area contributed by atoms with Crippen molar-refractivity contribution >= 4 is 17.6 Å². The normalized spacial score (nSPS) is 9.92. The van der Waals surface area contributed by atoms with Crippen molar-refractivity contribution in [3.05, 3.63) is 52.4 Å². The van der Waals surface area contributed by atoms with Crippen LogP contribution in [0.15, 0.2) is 41.3 Å². The van der Waals surface area contributed by atoms with E-state index < -0.39 is 24.0 Å². The van der Waals surface area contributed by atoms with Crippen molar-refractivity contribution in [2.45, 2.75) is 0 Å². The fraction of sp³-hybridized carbons (Fsp3) is 0.188. The summed E-state index contributed by atoms with van der Waals surface area (Å²) in [6.07, 6.45) is 1.39. The number of hydrogen-bond acceptors (Lipinski definition) is 6. The highest BCUT2D eigenvalue weighted by Gasteiger charge is 2.14. The van der Waals surface area contributed by atoms with Crippen LogP contribution in [0.25, 0.3) is 0 Å². The van der Waals surface area contributed by atoms with E-state index in [1.54, 1.807) is 18.2 Å². The maximum absolute atomic E-state index is 11.8. The van der Waals surface area contributed by atoms with Gasteiger partial charge in [-0.05, 0) is 24.3 Å². The number of hydrogen-bond donors (Lipinski definition) is 2. The molecule has 0 radical (unpaired) electrons. The Kier molecular flexibility index (Phi) is 5.56. The maximum atomic E-state index is 11.8. The molecule has 8 heteroatoms. The third-order valence-corrected chi connectivity index (χ3v) is 3.04. The van der Waals surface area contributed by atoms with Crippen LogP contribution in [-0.2, 0) is 9.53 Å². The largest absolute Gasteiger partial charge is 0.493 e. The second-order valence-corrected chi connectivity index (χ2v) is 4.61. The first-order valence-electron chi connectivity index (χ1n) is 6.92. The van der Waals surface area contributed by atoms with Crippen LogP contribution in [0.5, 0.6) is 11.5 Å². The third-order valence-electron chi connectivity index (χ3n) is 3.04. The van der Waals surface area contributed by atoms with Gasteiger partial charge in [-0.25, -0.2) is 4.79 Å². The van der Waals surface area contributed by atoms with Gasteiger partial charge in [-0.15, -0.1) is 0 Å². The average Bonchev–Trinajstić information content (AvgIpc) is 2.60. The van der Waals surface area contributed by atoms with Crippen molar-refractivity contribution in [3.8, 4) is 11.5 Å². The molecule has 1 aromatic heterocycles. The molecule has 0 aliphatic heterocycles. The summed E-state index contributed by atoms with van der Waals surface area (Å²) in [4.78, 5) is 37.4. The van der Waals surface area contributed by atoms with Crippen LogP contribution in [-0.4, -0.2) is 37.7 Å². The molecule has 1 heterocycles.